The zero-order valence-corrected chi connectivity index (χ0v) is 50.6. The molecule has 85 heavy (non-hydrogen) atoms. The number of methoxy groups -OCH3 is 1. The number of fused-ring (bicyclic) bond motifs is 4. The number of nitrogens with zero attached hydrogens (tertiary/aromatic N) is 10. The molecular formula is C67H80N10O8. The van der Waals surface area contributed by atoms with Crippen LogP contribution in [0.2, 0.25) is 0 Å². The van der Waals surface area contributed by atoms with Crippen molar-refractivity contribution in [3.05, 3.63) is 165 Å². The number of carbonyl (C=O) groups excluding carboxylic acids is 4. The summed E-state index contributed by atoms with van der Waals surface area (Å²) in [5.41, 5.74) is 14.2. The van der Waals surface area contributed by atoms with E-state index in [-0.39, 0.29) is 78.2 Å². The number of amides is 2. The maximum Gasteiger partial charge on any atom is 0.410 e. The van der Waals surface area contributed by atoms with E-state index in [2.05, 4.69) is 94.3 Å². The monoisotopic (exact) mass is 1150 g/mol. The van der Waals surface area contributed by atoms with Crippen molar-refractivity contribution in [1.29, 1.82) is 0 Å². The lowest BCUT2D eigenvalue weighted by Crippen LogP contribution is -2.50. The average Bonchev–Trinajstić information content (AvgIpc) is 2.44. The van der Waals surface area contributed by atoms with Crippen LogP contribution in [-0.2, 0) is 42.6 Å². The lowest BCUT2D eigenvalue weighted by molar-refractivity contribution is -0.150. The minimum atomic E-state index is -0.340. The molecule has 0 unspecified atom stereocenters. The predicted octanol–water partition coefficient (Wildman–Crippen LogP) is 10.3. The van der Waals surface area contributed by atoms with E-state index in [0.717, 1.165) is 104 Å². The second kappa shape index (κ2) is 24.7. The molecule has 446 valence electrons. The number of aromatic nitrogens is 6. The summed E-state index contributed by atoms with van der Waals surface area (Å²) < 4.78 is 26.4. The summed E-state index contributed by atoms with van der Waals surface area (Å²) in [6.45, 7) is 17.1. The Labute approximate surface area is 498 Å². The molecule has 6 aliphatic rings. The summed E-state index contributed by atoms with van der Waals surface area (Å²) >= 11 is 0. The van der Waals surface area contributed by atoms with Crippen LogP contribution in [-0.4, -0.2) is 156 Å². The van der Waals surface area contributed by atoms with Gasteiger partial charge in [0.1, 0.15) is 17.8 Å². The zero-order chi connectivity index (χ0) is 59.7. The van der Waals surface area contributed by atoms with Crippen molar-refractivity contribution in [2.24, 2.45) is 14.1 Å². The molecule has 2 aromatic carbocycles. The Morgan fingerprint density at radius 3 is 1.51 bits per heavy atom. The van der Waals surface area contributed by atoms with E-state index in [9.17, 15) is 19.2 Å². The summed E-state index contributed by atoms with van der Waals surface area (Å²) in [5.74, 6) is -0.646. The van der Waals surface area contributed by atoms with E-state index in [4.69, 9.17) is 28.9 Å². The molecule has 4 atom stereocenters. The number of imidazole rings is 2. The van der Waals surface area contributed by atoms with Crippen LogP contribution in [0, 0.1) is 13.8 Å². The smallest absolute Gasteiger partial charge is 0.410 e. The van der Waals surface area contributed by atoms with Gasteiger partial charge in [-0.3, -0.25) is 29.4 Å². The zero-order valence-electron chi connectivity index (χ0n) is 50.6. The highest BCUT2D eigenvalue weighted by molar-refractivity contribution is 5.93. The second-order valence-electron chi connectivity index (χ2n) is 24.7. The molecule has 6 aromatic rings. The first-order valence-corrected chi connectivity index (χ1v) is 30.0. The van der Waals surface area contributed by atoms with Gasteiger partial charge in [0.05, 0.1) is 48.7 Å². The number of hydrogen-bond acceptors (Lipinski definition) is 14. The first-order valence-electron chi connectivity index (χ1n) is 30.0. The van der Waals surface area contributed by atoms with E-state index in [1.54, 1.807) is 24.7 Å². The fourth-order valence-electron chi connectivity index (χ4n) is 12.5. The highest BCUT2D eigenvalue weighted by Crippen LogP contribution is 2.49. The number of allylic oxidation sites excluding steroid dienone is 2. The van der Waals surface area contributed by atoms with Gasteiger partial charge in [-0.05, 0) is 136 Å². The molecule has 2 saturated carbocycles. The Hall–Kier alpha value is -7.80. The van der Waals surface area contributed by atoms with Crippen LogP contribution < -0.4 is 0 Å². The Morgan fingerprint density at radius 2 is 1.07 bits per heavy atom. The van der Waals surface area contributed by atoms with Crippen LogP contribution in [0.25, 0.3) is 23.3 Å². The van der Waals surface area contributed by atoms with Crippen molar-refractivity contribution in [1.82, 2.24) is 48.7 Å². The van der Waals surface area contributed by atoms with Crippen LogP contribution in [0.1, 0.15) is 157 Å². The molecule has 0 bridgehead atoms. The van der Waals surface area contributed by atoms with Crippen molar-refractivity contribution in [2.75, 3.05) is 66.1 Å². The van der Waals surface area contributed by atoms with Crippen LogP contribution >= 0.6 is 0 Å². The average molecular weight is 1150 g/mol. The molecule has 2 saturated heterocycles. The maximum absolute atomic E-state index is 13.4. The highest BCUT2D eigenvalue weighted by Gasteiger charge is 2.45. The number of ketones is 1. The normalized spacial score (nSPS) is 20.1. The number of carbonyl (C=O) groups is 4. The molecule has 18 heteroatoms. The van der Waals surface area contributed by atoms with E-state index in [1.165, 1.54) is 0 Å². The number of pyridine rings is 2. The van der Waals surface area contributed by atoms with Gasteiger partial charge in [0.2, 0.25) is 0 Å². The summed E-state index contributed by atoms with van der Waals surface area (Å²) in [6.07, 6.45) is 19.0. The van der Waals surface area contributed by atoms with Crippen LogP contribution in [0.4, 0.5) is 9.59 Å². The van der Waals surface area contributed by atoms with Gasteiger partial charge in [-0.2, -0.15) is 0 Å². The number of ether oxygens (including phenoxy) is 4. The predicted molar refractivity (Wildman–Crippen MR) is 324 cm³/mol. The number of rotatable bonds is 15. The van der Waals surface area contributed by atoms with Crippen molar-refractivity contribution in [3.8, 4) is 0 Å². The fourth-order valence-corrected chi connectivity index (χ4v) is 12.5. The lowest BCUT2D eigenvalue weighted by Gasteiger charge is -2.39. The lowest BCUT2D eigenvalue weighted by atomic mass is 9.82. The summed E-state index contributed by atoms with van der Waals surface area (Å²) in [4.78, 5) is 79.1. The Bertz CT molecular complexity index is 3520. The third-order valence-corrected chi connectivity index (χ3v) is 17.6. The molecule has 0 spiro atoms. The SMILES string of the molecule is COCC(=O)C[C@H](C1=Cc2cccnc2[C@@H](N2CCN(C(=O)OC(C)C)CC2)c2ccc(C)cc21)c1cncn1C.Cc1ccc2c(c1)C([C@@H](CC(=O)OC1(C)CC1)c1cncn1C)=Cc1cccnc1[C@H]2N1CCN(C(=O)OC2(C)CC2)CC1. The van der Waals surface area contributed by atoms with E-state index in [1.807, 2.05) is 92.7 Å². The number of Topliss-reactive ketones (excluding diaryl/α,β-unsaturated/α-hetero) is 1. The molecule has 2 aliphatic heterocycles. The molecule has 2 amide bonds. The van der Waals surface area contributed by atoms with Gasteiger partial charge in [-0.15, -0.1) is 0 Å². The first kappa shape index (κ1) is 59.0. The van der Waals surface area contributed by atoms with E-state index in [0.29, 0.717) is 58.8 Å². The number of benzene rings is 2. The third kappa shape index (κ3) is 13.1. The number of piperazine rings is 2. The van der Waals surface area contributed by atoms with E-state index >= 15 is 0 Å². The standard InChI is InChI=1S/C35H41N5O4.C32H39N5O4/c1-23-7-8-25-26(18-23)27(28(29-21-36-22-38(29)4)20-30(41)43-34(2)9-10-34)19-24-6-5-13-37-31(24)32(25)39-14-16-40(17-15-39)33(42)44-35(3)11-12-35;1-21(2)41-32(39)37-13-11-36(12-14-37)31-25-9-8-22(3)15-26(25)27(16-23-7-6-10-34-30(23)31)28(17-24(38)19-40-5)29-18-33-20-35(29)4/h5-8,13,18-19,21-22,28,32H,9-12,14-17,20H2,1-4H3;6-10,15-16,18,20-21,28,31H,11-14,17,19H2,1-5H3/t28-,32+;28-,31+/m11/s1. The third-order valence-electron chi connectivity index (χ3n) is 17.6. The molecule has 4 aromatic heterocycles. The van der Waals surface area contributed by atoms with Crippen molar-refractivity contribution < 1.29 is 38.1 Å². The van der Waals surface area contributed by atoms with Gasteiger partial charge in [0.25, 0.3) is 0 Å². The van der Waals surface area contributed by atoms with Crippen molar-refractivity contribution in [2.45, 2.75) is 121 Å². The molecule has 4 fully saturated rings. The molecule has 18 nitrogen and oxygen atoms in total. The van der Waals surface area contributed by atoms with Crippen LogP contribution in [0.3, 0.4) is 0 Å². The Kier molecular flexibility index (Phi) is 17.1. The van der Waals surface area contributed by atoms with Crippen LogP contribution in [0.15, 0.2) is 98.1 Å². The van der Waals surface area contributed by atoms with Crippen molar-refractivity contribution >= 4 is 47.2 Å². The summed E-state index contributed by atoms with van der Waals surface area (Å²) in [6, 6.07) is 21.1. The quantitative estimate of drug-likeness (QED) is 0.0700. The highest BCUT2D eigenvalue weighted by atomic mass is 16.6. The largest absolute Gasteiger partial charge is 0.459 e. The minimum Gasteiger partial charge on any atom is -0.459 e. The van der Waals surface area contributed by atoms with Gasteiger partial charge in [0, 0.05) is 128 Å². The topological polar surface area (TPSA) is 180 Å². The molecule has 6 heterocycles. The molecule has 12 rings (SSSR count). The van der Waals surface area contributed by atoms with E-state index < -0.39 is 0 Å². The van der Waals surface area contributed by atoms with Crippen LogP contribution in [0.5, 0.6) is 0 Å². The fraction of sp³-hybridized carbons (Fsp3) is 0.463. The van der Waals surface area contributed by atoms with Gasteiger partial charge >= 0.3 is 18.2 Å². The molecule has 4 aliphatic carbocycles. The second-order valence-corrected chi connectivity index (χ2v) is 24.7. The minimum absolute atomic E-state index is 0.0328. The molecule has 0 N–H and O–H groups in total. The van der Waals surface area contributed by atoms with Crippen molar-refractivity contribution in [3.63, 3.8) is 0 Å². The summed E-state index contributed by atoms with van der Waals surface area (Å²) in [7, 11) is 5.49. The molecular weight excluding hydrogens is 1070 g/mol. The Balaban J connectivity index is 0.000000178. The molecule has 0 radical (unpaired) electrons. The van der Waals surface area contributed by atoms with Gasteiger partial charge in [0.15, 0.2) is 5.78 Å². The first-order chi connectivity index (χ1) is 40.9. The number of hydrogen-bond donors (Lipinski definition) is 0. The van der Waals surface area contributed by atoms with Gasteiger partial charge in [-0.1, -0.05) is 59.7 Å². The maximum atomic E-state index is 13.4. The number of esters is 1. The Morgan fingerprint density at radius 1 is 0.612 bits per heavy atom. The van der Waals surface area contributed by atoms with Gasteiger partial charge in [-0.25, -0.2) is 19.6 Å². The summed E-state index contributed by atoms with van der Waals surface area (Å²) in [5, 5.41) is 0. The number of aryl methyl sites for hydroxylation is 4. The van der Waals surface area contributed by atoms with Gasteiger partial charge < -0.3 is 37.9 Å².